The molecule has 0 bridgehead atoms. The van der Waals surface area contributed by atoms with E-state index in [9.17, 15) is 8.42 Å². The van der Waals surface area contributed by atoms with Crippen molar-refractivity contribution in [3.05, 3.63) is 28.8 Å². The molecule has 4 nitrogen and oxygen atoms in total. The van der Waals surface area contributed by atoms with Crippen LogP contribution in [0.5, 0.6) is 0 Å². The minimum Gasteiger partial charge on any atom is -0.377 e. The monoisotopic (exact) mass is 317 g/mol. The molecule has 112 valence electrons. The average molecular weight is 318 g/mol. The van der Waals surface area contributed by atoms with Crippen LogP contribution in [-0.2, 0) is 21.1 Å². The molecule has 1 aliphatic heterocycles. The van der Waals surface area contributed by atoms with Gasteiger partial charge in [0.25, 0.3) is 0 Å². The topological polar surface area (TPSA) is 55.4 Å². The van der Waals surface area contributed by atoms with E-state index in [0.717, 1.165) is 19.4 Å². The molecule has 0 aromatic heterocycles. The summed E-state index contributed by atoms with van der Waals surface area (Å²) < 4.78 is 29.1. The van der Waals surface area contributed by atoms with Crippen LogP contribution in [0.1, 0.15) is 24.8 Å². The number of sulfone groups is 1. The third kappa shape index (κ3) is 4.19. The first kappa shape index (κ1) is 15.8. The third-order valence-corrected chi connectivity index (χ3v) is 4.96. The summed E-state index contributed by atoms with van der Waals surface area (Å²) in [4.78, 5) is 0.294. The van der Waals surface area contributed by atoms with E-state index in [4.69, 9.17) is 16.3 Å². The summed E-state index contributed by atoms with van der Waals surface area (Å²) in [6, 6.07) is 4.96. The Morgan fingerprint density at radius 1 is 1.40 bits per heavy atom. The van der Waals surface area contributed by atoms with Crippen molar-refractivity contribution in [2.75, 3.05) is 19.4 Å². The minimum absolute atomic E-state index is 0.216. The van der Waals surface area contributed by atoms with Crippen molar-refractivity contribution in [3.8, 4) is 0 Å². The smallest absolute Gasteiger partial charge is 0.175 e. The number of halogens is 1. The van der Waals surface area contributed by atoms with Gasteiger partial charge in [0.2, 0.25) is 0 Å². The Morgan fingerprint density at radius 2 is 2.20 bits per heavy atom. The maximum absolute atomic E-state index is 11.8. The molecule has 1 heterocycles. The summed E-state index contributed by atoms with van der Waals surface area (Å²) in [6.07, 6.45) is 4.78. The second-order valence-electron chi connectivity index (χ2n) is 5.11. The number of nitrogens with one attached hydrogen (secondary N) is 1. The molecule has 1 unspecified atom stereocenters. The first-order valence-corrected chi connectivity index (χ1v) is 9.05. The molecule has 1 aliphatic rings. The molecule has 1 aromatic carbocycles. The first-order chi connectivity index (χ1) is 9.48. The van der Waals surface area contributed by atoms with Gasteiger partial charge < -0.3 is 10.1 Å². The van der Waals surface area contributed by atoms with Gasteiger partial charge in [-0.1, -0.05) is 17.7 Å². The highest BCUT2D eigenvalue weighted by Crippen LogP contribution is 2.24. The van der Waals surface area contributed by atoms with Crippen molar-refractivity contribution < 1.29 is 13.2 Å². The lowest BCUT2D eigenvalue weighted by atomic mass is 10.1. The second-order valence-corrected chi connectivity index (χ2v) is 7.50. The van der Waals surface area contributed by atoms with Crippen molar-refractivity contribution in [1.29, 1.82) is 0 Å². The molecule has 6 heteroatoms. The van der Waals surface area contributed by atoms with Crippen LogP contribution in [0.4, 0.5) is 0 Å². The van der Waals surface area contributed by atoms with Crippen molar-refractivity contribution in [1.82, 2.24) is 5.32 Å². The Bertz CT molecular complexity index is 554. The fourth-order valence-corrected chi connectivity index (χ4v) is 3.64. The second kappa shape index (κ2) is 6.89. The van der Waals surface area contributed by atoms with Crippen molar-refractivity contribution in [3.63, 3.8) is 0 Å². The highest BCUT2D eigenvalue weighted by molar-refractivity contribution is 7.90. The van der Waals surface area contributed by atoms with E-state index in [2.05, 4.69) is 5.32 Å². The van der Waals surface area contributed by atoms with E-state index in [1.165, 1.54) is 12.7 Å². The summed E-state index contributed by atoms with van der Waals surface area (Å²) in [5, 5.41) is 3.73. The Kier molecular flexibility index (Phi) is 5.43. The largest absolute Gasteiger partial charge is 0.377 e. The Balaban J connectivity index is 2.01. The summed E-state index contributed by atoms with van der Waals surface area (Å²) >= 11 is 6.12. The molecule has 0 amide bonds. The van der Waals surface area contributed by atoms with Crippen LogP contribution in [0.15, 0.2) is 23.1 Å². The lowest BCUT2D eigenvalue weighted by Gasteiger charge is -2.23. The molecule has 0 radical (unpaired) electrons. The van der Waals surface area contributed by atoms with E-state index in [0.29, 0.717) is 28.6 Å². The van der Waals surface area contributed by atoms with E-state index in [-0.39, 0.29) is 6.10 Å². The van der Waals surface area contributed by atoms with Crippen LogP contribution in [0.2, 0.25) is 5.02 Å². The highest BCUT2D eigenvalue weighted by atomic mass is 35.5. The van der Waals surface area contributed by atoms with Crippen LogP contribution >= 0.6 is 11.6 Å². The van der Waals surface area contributed by atoms with Crippen molar-refractivity contribution in [2.45, 2.75) is 36.8 Å². The van der Waals surface area contributed by atoms with Crippen LogP contribution in [0.3, 0.4) is 0 Å². The minimum atomic E-state index is -3.27. The Labute approximate surface area is 125 Å². The maximum Gasteiger partial charge on any atom is 0.175 e. The van der Waals surface area contributed by atoms with Crippen LogP contribution < -0.4 is 5.32 Å². The molecular weight excluding hydrogens is 298 g/mol. The van der Waals surface area contributed by atoms with Gasteiger partial charge in [-0.05, 0) is 31.4 Å². The molecule has 0 aliphatic carbocycles. The molecule has 1 aromatic rings. The molecule has 1 fully saturated rings. The van der Waals surface area contributed by atoms with Crippen molar-refractivity contribution >= 4 is 21.4 Å². The van der Waals surface area contributed by atoms with Gasteiger partial charge in [-0.25, -0.2) is 8.42 Å². The average Bonchev–Trinajstić information content (AvgIpc) is 2.40. The molecule has 20 heavy (non-hydrogen) atoms. The van der Waals surface area contributed by atoms with Gasteiger partial charge in [0, 0.05) is 36.5 Å². The van der Waals surface area contributed by atoms with Gasteiger partial charge in [-0.3, -0.25) is 0 Å². The summed E-state index contributed by atoms with van der Waals surface area (Å²) in [7, 11) is -3.27. The van der Waals surface area contributed by atoms with Gasteiger partial charge in [0.05, 0.1) is 11.0 Å². The van der Waals surface area contributed by atoms with E-state index in [1.54, 1.807) is 18.2 Å². The fourth-order valence-electron chi connectivity index (χ4n) is 2.38. The van der Waals surface area contributed by atoms with E-state index in [1.807, 2.05) is 0 Å². The third-order valence-electron chi connectivity index (χ3n) is 3.42. The molecule has 1 saturated heterocycles. The lowest BCUT2D eigenvalue weighted by molar-refractivity contribution is 0.0167. The number of hydrogen-bond acceptors (Lipinski definition) is 4. The Morgan fingerprint density at radius 3 is 2.85 bits per heavy atom. The summed E-state index contributed by atoms with van der Waals surface area (Å²) in [5.74, 6) is 0. The number of hydrogen-bond donors (Lipinski definition) is 1. The standard InChI is InChI=1S/C14H20ClNO3S/c1-20(17,18)14-7-4-6-13(15)12(14)10-16-9-11-5-2-3-8-19-11/h4,6-7,11,16H,2-3,5,8-10H2,1H3. The van der Waals surface area contributed by atoms with Gasteiger partial charge >= 0.3 is 0 Å². The summed E-state index contributed by atoms with van der Waals surface area (Å²) in [6.45, 7) is 1.96. The number of benzene rings is 1. The Hall–Kier alpha value is -0.620. The zero-order chi connectivity index (χ0) is 14.6. The van der Waals surface area contributed by atoms with Gasteiger partial charge in [0.15, 0.2) is 9.84 Å². The molecule has 1 N–H and O–H groups in total. The predicted octanol–water partition coefficient (Wildman–Crippen LogP) is 2.40. The normalized spacial score (nSPS) is 20.0. The molecule has 2 rings (SSSR count). The molecule has 0 saturated carbocycles. The SMILES string of the molecule is CS(=O)(=O)c1cccc(Cl)c1CNCC1CCCCO1. The summed E-state index contributed by atoms with van der Waals surface area (Å²) in [5.41, 5.74) is 0.632. The van der Waals surface area contributed by atoms with E-state index < -0.39 is 9.84 Å². The van der Waals surface area contributed by atoms with Crippen LogP contribution in [0.25, 0.3) is 0 Å². The van der Waals surface area contributed by atoms with E-state index >= 15 is 0 Å². The molecular formula is C14H20ClNO3S. The first-order valence-electron chi connectivity index (χ1n) is 6.78. The zero-order valence-corrected chi connectivity index (χ0v) is 13.1. The fraction of sp³-hybridized carbons (Fsp3) is 0.571. The van der Waals surface area contributed by atoms with Crippen molar-refractivity contribution in [2.24, 2.45) is 0 Å². The van der Waals surface area contributed by atoms with Crippen LogP contribution in [0, 0.1) is 0 Å². The maximum atomic E-state index is 11.8. The zero-order valence-electron chi connectivity index (χ0n) is 11.6. The lowest BCUT2D eigenvalue weighted by Crippen LogP contribution is -2.31. The quantitative estimate of drug-likeness (QED) is 0.906. The van der Waals surface area contributed by atoms with Crippen LogP contribution in [-0.4, -0.2) is 33.9 Å². The highest BCUT2D eigenvalue weighted by Gasteiger charge is 2.17. The number of rotatable bonds is 5. The predicted molar refractivity (Wildman–Crippen MR) is 79.9 cm³/mol. The van der Waals surface area contributed by atoms with Gasteiger partial charge in [0.1, 0.15) is 0 Å². The molecule has 0 spiro atoms. The molecule has 1 atom stereocenters. The van der Waals surface area contributed by atoms with Gasteiger partial charge in [-0.2, -0.15) is 0 Å². The van der Waals surface area contributed by atoms with Gasteiger partial charge in [-0.15, -0.1) is 0 Å². The number of ether oxygens (including phenoxy) is 1.